The highest BCUT2D eigenvalue weighted by Crippen LogP contribution is 2.24. The highest BCUT2D eigenvalue weighted by Gasteiger charge is 2.38. The number of aliphatic hydroxyl groups is 1. The molecule has 0 saturated heterocycles. The van der Waals surface area contributed by atoms with Crippen LogP contribution in [0.15, 0.2) is 22.7 Å². The summed E-state index contributed by atoms with van der Waals surface area (Å²) >= 11 is 3.11. The third-order valence-electron chi connectivity index (χ3n) is 1.87. The molecule has 0 aliphatic heterocycles. The smallest absolute Gasteiger partial charge is 0.417 e. The summed E-state index contributed by atoms with van der Waals surface area (Å²) in [7, 11) is 0. The molecule has 0 aliphatic rings. The number of ether oxygens (including phenoxy) is 1. The maximum Gasteiger partial charge on any atom is 0.417 e. The number of aliphatic hydroxyl groups excluding tert-OH is 1. The fourth-order valence-electron chi connectivity index (χ4n) is 1.01. The van der Waals surface area contributed by atoms with Gasteiger partial charge >= 0.3 is 6.18 Å². The van der Waals surface area contributed by atoms with Crippen LogP contribution in [0.1, 0.15) is 10.4 Å². The Kier molecular flexibility index (Phi) is 4.53. The van der Waals surface area contributed by atoms with Crippen LogP contribution in [0.5, 0.6) is 5.75 Å². The van der Waals surface area contributed by atoms with Gasteiger partial charge in [0.15, 0.2) is 12.4 Å². The van der Waals surface area contributed by atoms with E-state index in [2.05, 4.69) is 15.9 Å². The molecule has 7 heteroatoms. The summed E-state index contributed by atoms with van der Waals surface area (Å²) in [5.74, 6) is -0.00787. The molecule has 1 aromatic carbocycles. The van der Waals surface area contributed by atoms with E-state index in [-0.39, 0.29) is 11.3 Å². The number of carbonyl (C=O) groups is 1. The van der Waals surface area contributed by atoms with Gasteiger partial charge in [0.25, 0.3) is 0 Å². The van der Waals surface area contributed by atoms with Gasteiger partial charge in [-0.1, -0.05) is 15.9 Å². The van der Waals surface area contributed by atoms with Crippen LogP contribution >= 0.6 is 15.9 Å². The van der Waals surface area contributed by atoms with Crippen molar-refractivity contribution in [3.8, 4) is 5.75 Å². The molecule has 1 rings (SSSR count). The van der Waals surface area contributed by atoms with Crippen LogP contribution in [-0.2, 0) is 0 Å². The molecule has 0 bridgehead atoms. The summed E-state index contributed by atoms with van der Waals surface area (Å²) in [5.41, 5.74) is 0.105. The van der Waals surface area contributed by atoms with Crippen LogP contribution in [0.4, 0.5) is 13.2 Å². The Balaban J connectivity index is 2.73. The van der Waals surface area contributed by atoms with Gasteiger partial charge in [-0.25, -0.2) is 0 Å². The average molecular weight is 313 g/mol. The SMILES string of the molecule is O=Cc1cc(Br)ccc1OCC(O)C(F)(F)F. The van der Waals surface area contributed by atoms with Gasteiger partial charge in [-0.05, 0) is 18.2 Å². The second-order valence-electron chi connectivity index (χ2n) is 3.17. The van der Waals surface area contributed by atoms with Crippen LogP contribution in [0, 0.1) is 0 Å². The topological polar surface area (TPSA) is 46.5 Å². The molecule has 1 atom stereocenters. The molecule has 1 N–H and O–H groups in total. The normalized spacial score (nSPS) is 13.2. The van der Waals surface area contributed by atoms with Gasteiger partial charge < -0.3 is 9.84 Å². The maximum atomic E-state index is 12.0. The first-order valence-corrected chi connectivity index (χ1v) is 5.26. The summed E-state index contributed by atoms with van der Waals surface area (Å²) in [6, 6.07) is 4.27. The van der Waals surface area contributed by atoms with E-state index in [0.29, 0.717) is 10.8 Å². The molecule has 1 unspecified atom stereocenters. The van der Waals surface area contributed by atoms with Crippen molar-refractivity contribution in [3.63, 3.8) is 0 Å². The van der Waals surface area contributed by atoms with E-state index in [1.165, 1.54) is 18.2 Å². The Morgan fingerprint density at radius 2 is 2.12 bits per heavy atom. The third kappa shape index (κ3) is 4.01. The fourth-order valence-corrected chi connectivity index (χ4v) is 1.38. The average Bonchev–Trinajstić information content (AvgIpc) is 2.25. The molecule has 17 heavy (non-hydrogen) atoms. The molecule has 0 amide bonds. The van der Waals surface area contributed by atoms with Crippen LogP contribution in [0.2, 0.25) is 0 Å². The number of aldehydes is 1. The number of halogens is 4. The van der Waals surface area contributed by atoms with Crippen molar-refractivity contribution >= 4 is 22.2 Å². The third-order valence-corrected chi connectivity index (χ3v) is 2.37. The lowest BCUT2D eigenvalue weighted by atomic mass is 10.2. The van der Waals surface area contributed by atoms with E-state index in [9.17, 15) is 18.0 Å². The first-order valence-electron chi connectivity index (χ1n) is 4.47. The number of hydrogen-bond donors (Lipinski definition) is 1. The largest absolute Gasteiger partial charge is 0.490 e. The van der Waals surface area contributed by atoms with Crippen molar-refractivity contribution in [2.24, 2.45) is 0 Å². The van der Waals surface area contributed by atoms with Gasteiger partial charge in [0.2, 0.25) is 0 Å². The van der Waals surface area contributed by atoms with Crippen molar-refractivity contribution < 1.29 is 27.8 Å². The highest BCUT2D eigenvalue weighted by atomic mass is 79.9. The molecule has 3 nitrogen and oxygen atoms in total. The lowest BCUT2D eigenvalue weighted by Crippen LogP contribution is -2.34. The fraction of sp³-hybridized carbons (Fsp3) is 0.300. The Hall–Kier alpha value is -1.08. The predicted molar refractivity (Wildman–Crippen MR) is 57.1 cm³/mol. The Morgan fingerprint density at radius 3 is 2.65 bits per heavy atom. The monoisotopic (exact) mass is 312 g/mol. The molecule has 0 aliphatic carbocycles. The van der Waals surface area contributed by atoms with Crippen LogP contribution in [0.3, 0.4) is 0 Å². The van der Waals surface area contributed by atoms with Crippen molar-refractivity contribution in [2.75, 3.05) is 6.61 Å². The van der Waals surface area contributed by atoms with E-state index in [0.717, 1.165) is 0 Å². The van der Waals surface area contributed by atoms with Gasteiger partial charge in [-0.3, -0.25) is 4.79 Å². The summed E-state index contributed by atoms with van der Waals surface area (Å²) in [6.07, 6.45) is -6.86. The second-order valence-corrected chi connectivity index (χ2v) is 4.08. The van der Waals surface area contributed by atoms with E-state index in [1.54, 1.807) is 0 Å². The van der Waals surface area contributed by atoms with Crippen molar-refractivity contribution in [1.29, 1.82) is 0 Å². The van der Waals surface area contributed by atoms with Gasteiger partial charge in [0.1, 0.15) is 12.4 Å². The number of carbonyl (C=O) groups excluding carboxylic acids is 1. The van der Waals surface area contributed by atoms with Crippen molar-refractivity contribution in [2.45, 2.75) is 12.3 Å². The zero-order valence-electron chi connectivity index (χ0n) is 8.37. The zero-order valence-corrected chi connectivity index (χ0v) is 9.96. The number of alkyl halides is 3. The quantitative estimate of drug-likeness (QED) is 0.869. The molecule has 0 radical (unpaired) electrons. The summed E-state index contributed by atoms with van der Waals surface area (Å²) in [4.78, 5) is 10.6. The molecule has 1 aromatic rings. The molecule has 94 valence electrons. The summed E-state index contributed by atoms with van der Waals surface area (Å²) in [6.45, 7) is -0.952. The first-order chi connectivity index (χ1) is 7.84. The number of rotatable bonds is 4. The molecular formula is C10H8BrF3O3. The minimum absolute atomic E-state index is 0.00787. The minimum Gasteiger partial charge on any atom is -0.490 e. The standard InChI is InChI=1S/C10H8BrF3O3/c11-7-1-2-8(6(3-7)4-15)17-5-9(16)10(12,13)14/h1-4,9,16H,5H2. The minimum atomic E-state index is -4.74. The molecule has 0 spiro atoms. The van der Waals surface area contributed by atoms with Gasteiger partial charge in [-0.2, -0.15) is 13.2 Å². The van der Waals surface area contributed by atoms with E-state index < -0.39 is 18.9 Å². The first kappa shape index (κ1) is 14.0. The lowest BCUT2D eigenvalue weighted by Gasteiger charge is -2.16. The Bertz CT molecular complexity index is 406. The predicted octanol–water partition coefficient (Wildman–Crippen LogP) is 2.56. The number of benzene rings is 1. The molecule has 0 aromatic heterocycles. The molecule has 0 fully saturated rings. The van der Waals surface area contributed by atoms with Gasteiger partial charge in [0, 0.05) is 4.47 Å². The van der Waals surface area contributed by atoms with Crippen molar-refractivity contribution in [3.05, 3.63) is 28.2 Å². The van der Waals surface area contributed by atoms with Crippen molar-refractivity contribution in [1.82, 2.24) is 0 Å². The number of hydrogen-bond acceptors (Lipinski definition) is 3. The van der Waals surface area contributed by atoms with Gasteiger partial charge in [0.05, 0.1) is 5.56 Å². The summed E-state index contributed by atoms with van der Waals surface area (Å²) in [5, 5.41) is 8.72. The van der Waals surface area contributed by atoms with E-state index in [4.69, 9.17) is 9.84 Å². The molecule has 0 heterocycles. The zero-order chi connectivity index (χ0) is 13.1. The Morgan fingerprint density at radius 1 is 1.47 bits per heavy atom. The summed E-state index contributed by atoms with van der Waals surface area (Å²) < 4.78 is 41.3. The van der Waals surface area contributed by atoms with Crippen LogP contribution < -0.4 is 4.74 Å². The lowest BCUT2D eigenvalue weighted by molar-refractivity contribution is -0.210. The highest BCUT2D eigenvalue weighted by molar-refractivity contribution is 9.10. The van der Waals surface area contributed by atoms with E-state index in [1.807, 2.05) is 0 Å². The van der Waals surface area contributed by atoms with Crippen LogP contribution in [-0.4, -0.2) is 30.3 Å². The molecule has 0 saturated carbocycles. The Labute approximate surface area is 103 Å². The molecular weight excluding hydrogens is 305 g/mol. The second kappa shape index (κ2) is 5.50. The van der Waals surface area contributed by atoms with Gasteiger partial charge in [-0.15, -0.1) is 0 Å². The van der Waals surface area contributed by atoms with Crippen LogP contribution in [0.25, 0.3) is 0 Å². The maximum absolute atomic E-state index is 12.0. The van der Waals surface area contributed by atoms with E-state index >= 15 is 0 Å².